The Bertz CT molecular complexity index is 566. The van der Waals surface area contributed by atoms with Crippen molar-refractivity contribution in [3.63, 3.8) is 0 Å². The molecule has 0 bridgehead atoms. The maximum Gasteiger partial charge on any atom is 0.180 e. The monoisotopic (exact) mass is 244 g/mol. The van der Waals surface area contributed by atoms with Crippen LogP contribution < -0.4 is 4.90 Å². The number of aromatic nitrogens is 3. The third kappa shape index (κ3) is 1.90. The highest BCUT2D eigenvalue weighted by atomic mass is 16.3. The highest BCUT2D eigenvalue weighted by molar-refractivity contribution is 5.72. The Kier molecular flexibility index (Phi) is 2.63. The summed E-state index contributed by atoms with van der Waals surface area (Å²) < 4.78 is 0. The SMILES string of the molecule is CCCC1(O)CN(c2ccc3nccnc3n2)C1. The van der Waals surface area contributed by atoms with Crippen LogP contribution in [0.25, 0.3) is 11.2 Å². The number of rotatable bonds is 3. The molecule has 0 aromatic carbocycles. The first-order valence-corrected chi connectivity index (χ1v) is 6.25. The average Bonchev–Trinajstić information content (AvgIpc) is 2.35. The van der Waals surface area contributed by atoms with Crippen molar-refractivity contribution >= 4 is 17.0 Å². The van der Waals surface area contributed by atoms with Gasteiger partial charge in [0.15, 0.2) is 5.65 Å². The summed E-state index contributed by atoms with van der Waals surface area (Å²) in [4.78, 5) is 14.9. The number of fused-ring (bicyclic) bond motifs is 1. The molecule has 5 nitrogen and oxygen atoms in total. The van der Waals surface area contributed by atoms with Gasteiger partial charge in [0.05, 0.1) is 5.60 Å². The molecule has 0 atom stereocenters. The van der Waals surface area contributed by atoms with Crippen LogP contribution in [-0.2, 0) is 0 Å². The van der Waals surface area contributed by atoms with Crippen LogP contribution in [0.1, 0.15) is 19.8 Å². The summed E-state index contributed by atoms with van der Waals surface area (Å²) in [6.07, 6.45) is 5.15. The molecule has 0 spiro atoms. The molecule has 1 N–H and O–H groups in total. The molecule has 3 heterocycles. The average molecular weight is 244 g/mol. The van der Waals surface area contributed by atoms with Crippen LogP contribution in [-0.4, -0.2) is 38.7 Å². The van der Waals surface area contributed by atoms with E-state index in [1.165, 1.54) is 0 Å². The van der Waals surface area contributed by atoms with Crippen LogP contribution >= 0.6 is 0 Å². The van der Waals surface area contributed by atoms with Gasteiger partial charge >= 0.3 is 0 Å². The lowest BCUT2D eigenvalue weighted by molar-refractivity contribution is 0.00297. The molecule has 1 aliphatic heterocycles. The molecule has 0 unspecified atom stereocenters. The van der Waals surface area contributed by atoms with E-state index in [0.717, 1.165) is 24.2 Å². The van der Waals surface area contributed by atoms with E-state index in [0.29, 0.717) is 18.7 Å². The van der Waals surface area contributed by atoms with E-state index in [1.807, 2.05) is 12.1 Å². The predicted molar refractivity (Wildman–Crippen MR) is 69.4 cm³/mol. The molecule has 1 fully saturated rings. The molecule has 94 valence electrons. The van der Waals surface area contributed by atoms with Crippen molar-refractivity contribution in [2.45, 2.75) is 25.4 Å². The molecule has 0 aliphatic carbocycles. The van der Waals surface area contributed by atoms with Gasteiger partial charge in [-0.15, -0.1) is 0 Å². The van der Waals surface area contributed by atoms with Crippen LogP contribution in [0.15, 0.2) is 24.5 Å². The molecular formula is C13H16N4O. The van der Waals surface area contributed by atoms with Crippen molar-refractivity contribution in [2.24, 2.45) is 0 Å². The molecule has 3 rings (SSSR count). The van der Waals surface area contributed by atoms with Crippen LogP contribution in [0.5, 0.6) is 0 Å². The molecule has 0 saturated carbocycles. The number of anilines is 1. The lowest BCUT2D eigenvalue weighted by Crippen LogP contribution is -2.62. The minimum absolute atomic E-state index is 0.534. The summed E-state index contributed by atoms with van der Waals surface area (Å²) in [7, 11) is 0. The maximum absolute atomic E-state index is 10.2. The number of hydrogen-bond acceptors (Lipinski definition) is 5. The van der Waals surface area contributed by atoms with Crippen molar-refractivity contribution in [3.05, 3.63) is 24.5 Å². The second-order valence-corrected chi connectivity index (χ2v) is 4.90. The topological polar surface area (TPSA) is 62.1 Å². The second kappa shape index (κ2) is 4.17. The van der Waals surface area contributed by atoms with Crippen molar-refractivity contribution in [1.29, 1.82) is 0 Å². The van der Waals surface area contributed by atoms with Gasteiger partial charge in [0.1, 0.15) is 11.3 Å². The molecule has 0 radical (unpaired) electrons. The van der Waals surface area contributed by atoms with Crippen molar-refractivity contribution in [3.8, 4) is 0 Å². The third-order valence-electron chi connectivity index (χ3n) is 3.33. The molecule has 1 aliphatic rings. The van der Waals surface area contributed by atoms with Gasteiger partial charge in [-0.05, 0) is 18.6 Å². The van der Waals surface area contributed by atoms with Crippen LogP contribution in [0.3, 0.4) is 0 Å². The highest BCUT2D eigenvalue weighted by Crippen LogP contribution is 2.30. The van der Waals surface area contributed by atoms with E-state index in [-0.39, 0.29) is 0 Å². The van der Waals surface area contributed by atoms with E-state index < -0.39 is 5.60 Å². The smallest absolute Gasteiger partial charge is 0.180 e. The number of aliphatic hydroxyl groups is 1. The standard InChI is InChI=1S/C13H16N4O/c1-2-5-13(18)8-17(9-13)11-4-3-10-12(16-11)15-7-6-14-10/h3-4,6-7,18H,2,5,8-9H2,1H3. The number of β-amino-alcohol motifs (C(OH)–C–C–N with tert-alkyl or cyclic N) is 1. The zero-order valence-electron chi connectivity index (χ0n) is 10.4. The van der Waals surface area contributed by atoms with Gasteiger partial charge in [0.2, 0.25) is 0 Å². The van der Waals surface area contributed by atoms with Crippen molar-refractivity contribution < 1.29 is 5.11 Å². The summed E-state index contributed by atoms with van der Waals surface area (Å²) >= 11 is 0. The fraction of sp³-hybridized carbons (Fsp3) is 0.462. The zero-order chi connectivity index (χ0) is 12.6. The Morgan fingerprint density at radius 1 is 1.28 bits per heavy atom. The number of hydrogen-bond donors (Lipinski definition) is 1. The number of nitrogens with zero attached hydrogens (tertiary/aromatic N) is 4. The maximum atomic E-state index is 10.2. The Balaban J connectivity index is 1.80. The Hall–Kier alpha value is -1.75. The summed E-state index contributed by atoms with van der Waals surface area (Å²) in [5.41, 5.74) is 0.917. The summed E-state index contributed by atoms with van der Waals surface area (Å²) in [5.74, 6) is 0.865. The first-order valence-electron chi connectivity index (χ1n) is 6.25. The Morgan fingerprint density at radius 2 is 2.06 bits per heavy atom. The van der Waals surface area contributed by atoms with E-state index in [2.05, 4.69) is 26.8 Å². The first kappa shape index (κ1) is 11.3. The molecule has 1 saturated heterocycles. The van der Waals surface area contributed by atoms with E-state index >= 15 is 0 Å². The Morgan fingerprint density at radius 3 is 2.83 bits per heavy atom. The predicted octanol–water partition coefficient (Wildman–Crippen LogP) is 1.38. The van der Waals surface area contributed by atoms with Gasteiger partial charge in [-0.3, -0.25) is 4.98 Å². The quantitative estimate of drug-likeness (QED) is 0.883. The van der Waals surface area contributed by atoms with E-state index in [4.69, 9.17) is 0 Å². The van der Waals surface area contributed by atoms with Gasteiger partial charge in [-0.1, -0.05) is 13.3 Å². The molecule has 2 aromatic heterocycles. The minimum atomic E-state index is -0.534. The van der Waals surface area contributed by atoms with Gasteiger partial charge in [-0.2, -0.15) is 0 Å². The highest BCUT2D eigenvalue weighted by Gasteiger charge is 2.40. The largest absolute Gasteiger partial charge is 0.386 e. The summed E-state index contributed by atoms with van der Waals surface area (Å²) in [6, 6.07) is 3.85. The third-order valence-corrected chi connectivity index (χ3v) is 3.33. The van der Waals surface area contributed by atoms with Crippen LogP contribution in [0, 0.1) is 0 Å². The van der Waals surface area contributed by atoms with E-state index in [9.17, 15) is 5.11 Å². The molecule has 0 amide bonds. The zero-order valence-corrected chi connectivity index (χ0v) is 10.4. The molecule has 2 aromatic rings. The van der Waals surface area contributed by atoms with Gasteiger partial charge < -0.3 is 10.0 Å². The summed E-state index contributed by atoms with van der Waals surface area (Å²) in [6.45, 7) is 3.39. The fourth-order valence-electron chi connectivity index (χ4n) is 2.47. The van der Waals surface area contributed by atoms with Crippen LogP contribution in [0.2, 0.25) is 0 Å². The van der Waals surface area contributed by atoms with Gasteiger partial charge in [0, 0.05) is 25.5 Å². The summed E-state index contributed by atoms with van der Waals surface area (Å²) in [5, 5.41) is 10.2. The van der Waals surface area contributed by atoms with Crippen molar-refractivity contribution in [1.82, 2.24) is 15.0 Å². The Labute approximate surface area is 106 Å². The molecule has 5 heteroatoms. The second-order valence-electron chi connectivity index (χ2n) is 4.90. The fourth-order valence-corrected chi connectivity index (χ4v) is 2.47. The molecular weight excluding hydrogens is 228 g/mol. The minimum Gasteiger partial charge on any atom is -0.386 e. The molecule has 18 heavy (non-hydrogen) atoms. The van der Waals surface area contributed by atoms with Crippen LogP contribution in [0.4, 0.5) is 5.82 Å². The van der Waals surface area contributed by atoms with E-state index in [1.54, 1.807) is 12.4 Å². The van der Waals surface area contributed by atoms with Gasteiger partial charge in [-0.25, -0.2) is 9.97 Å². The van der Waals surface area contributed by atoms with Crippen molar-refractivity contribution in [2.75, 3.05) is 18.0 Å². The lowest BCUT2D eigenvalue weighted by atomic mass is 9.89. The normalized spacial score (nSPS) is 17.8. The first-order chi connectivity index (χ1) is 8.70. The lowest BCUT2D eigenvalue weighted by Gasteiger charge is -2.47. The number of pyridine rings is 1. The van der Waals surface area contributed by atoms with Gasteiger partial charge in [0.25, 0.3) is 0 Å².